The summed E-state index contributed by atoms with van der Waals surface area (Å²) < 4.78 is 0. The highest BCUT2D eigenvalue weighted by atomic mass is 14.1. The van der Waals surface area contributed by atoms with Crippen molar-refractivity contribution in [3.05, 3.63) is 6.42 Å². The van der Waals surface area contributed by atoms with Gasteiger partial charge in [0, 0.05) is 0 Å². The smallest absolute Gasteiger partial charge is 0.0533 e. The molecule has 1 aliphatic rings. The molecule has 0 atom stereocenters. The van der Waals surface area contributed by atoms with E-state index in [1.165, 1.54) is 51.4 Å². The SMILES string of the molecule is C[CH-]C1CCCCCCCC1. The van der Waals surface area contributed by atoms with Gasteiger partial charge >= 0.3 is 0 Å². The summed E-state index contributed by atoms with van der Waals surface area (Å²) in [5.41, 5.74) is 0. The second-order valence-electron chi connectivity index (χ2n) is 3.79. The maximum absolute atomic E-state index is 2.41. The van der Waals surface area contributed by atoms with E-state index < -0.39 is 0 Å². The molecule has 1 saturated carbocycles. The van der Waals surface area contributed by atoms with Crippen LogP contribution in [-0.2, 0) is 0 Å². The predicted molar refractivity (Wildman–Crippen MR) is 50.4 cm³/mol. The van der Waals surface area contributed by atoms with Gasteiger partial charge in [0.25, 0.3) is 0 Å². The highest BCUT2D eigenvalue weighted by Crippen LogP contribution is 2.23. The first-order valence-corrected chi connectivity index (χ1v) is 5.23. The van der Waals surface area contributed by atoms with E-state index in [0.29, 0.717) is 0 Å². The van der Waals surface area contributed by atoms with E-state index in [9.17, 15) is 0 Å². The third-order valence-corrected chi connectivity index (χ3v) is 2.87. The Balaban J connectivity index is 2.19. The van der Waals surface area contributed by atoms with Gasteiger partial charge in [-0.25, -0.2) is 0 Å². The van der Waals surface area contributed by atoms with Crippen LogP contribution in [0.5, 0.6) is 0 Å². The summed E-state index contributed by atoms with van der Waals surface area (Å²) in [6.45, 7) is 2.22. The Kier molecular flexibility index (Phi) is 4.65. The maximum atomic E-state index is 2.41. The molecule has 0 heterocycles. The molecule has 1 aliphatic carbocycles. The average Bonchev–Trinajstić information content (AvgIpc) is 2.16. The van der Waals surface area contributed by atoms with Crippen LogP contribution in [0.15, 0.2) is 0 Å². The summed E-state index contributed by atoms with van der Waals surface area (Å²) in [6.07, 6.45) is 14.2. The maximum Gasteiger partial charge on any atom is -0.0533 e. The van der Waals surface area contributed by atoms with Crippen LogP contribution in [0.3, 0.4) is 0 Å². The zero-order valence-electron chi connectivity index (χ0n) is 7.81. The molecule has 0 nitrogen and oxygen atoms in total. The first-order chi connectivity index (χ1) is 5.43. The van der Waals surface area contributed by atoms with Crippen LogP contribution in [0, 0.1) is 12.3 Å². The molecule has 11 heavy (non-hydrogen) atoms. The van der Waals surface area contributed by atoms with Crippen molar-refractivity contribution in [1.82, 2.24) is 0 Å². The van der Waals surface area contributed by atoms with Crippen LogP contribution in [-0.4, -0.2) is 0 Å². The number of rotatable bonds is 1. The van der Waals surface area contributed by atoms with E-state index >= 15 is 0 Å². The molecule has 0 bridgehead atoms. The Morgan fingerprint density at radius 3 is 1.73 bits per heavy atom. The molecular formula is C11H21-. The zero-order chi connectivity index (χ0) is 7.94. The summed E-state index contributed by atoms with van der Waals surface area (Å²) in [4.78, 5) is 0. The number of hydrogen-bond donors (Lipinski definition) is 0. The molecule has 0 aliphatic heterocycles. The Hall–Kier alpha value is 0. The van der Waals surface area contributed by atoms with Gasteiger partial charge in [0.1, 0.15) is 0 Å². The molecule has 0 N–H and O–H groups in total. The quantitative estimate of drug-likeness (QED) is 0.500. The lowest BCUT2D eigenvalue weighted by Crippen LogP contribution is -1.98. The summed E-state index contributed by atoms with van der Waals surface area (Å²) in [6, 6.07) is 0. The molecule has 1 fully saturated rings. The van der Waals surface area contributed by atoms with Gasteiger partial charge in [-0.15, -0.1) is 0 Å². The molecule has 1 rings (SSSR count). The van der Waals surface area contributed by atoms with E-state index in [1.54, 1.807) is 0 Å². The summed E-state index contributed by atoms with van der Waals surface area (Å²) in [7, 11) is 0. The first-order valence-electron chi connectivity index (χ1n) is 5.23. The normalized spacial score (nSPS) is 23.7. The van der Waals surface area contributed by atoms with Crippen LogP contribution in [0.1, 0.15) is 58.3 Å². The Morgan fingerprint density at radius 2 is 1.27 bits per heavy atom. The predicted octanol–water partition coefficient (Wildman–Crippen LogP) is 3.96. The van der Waals surface area contributed by atoms with Crippen molar-refractivity contribution in [2.24, 2.45) is 5.92 Å². The van der Waals surface area contributed by atoms with Gasteiger partial charge in [0.05, 0.1) is 0 Å². The Labute approximate surface area is 71.4 Å². The highest BCUT2D eigenvalue weighted by Gasteiger charge is 2.01. The molecule has 0 spiro atoms. The molecule has 66 valence electrons. The van der Waals surface area contributed by atoms with E-state index in [0.717, 1.165) is 5.92 Å². The van der Waals surface area contributed by atoms with Crippen LogP contribution in [0.25, 0.3) is 0 Å². The summed E-state index contributed by atoms with van der Waals surface area (Å²) in [5, 5.41) is 0. The first kappa shape index (κ1) is 9.09. The molecule has 0 unspecified atom stereocenters. The van der Waals surface area contributed by atoms with E-state index in [4.69, 9.17) is 0 Å². The third-order valence-electron chi connectivity index (χ3n) is 2.87. The van der Waals surface area contributed by atoms with E-state index in [1.807, 2.05) is 0 Å². The minimum Gasteiger partial charge on any atom is -0.328 e. The molecule has 0 aromatic rings. The van der Waals surface area contributed by atoms with Crippen molar-refractivity contribution in [2.45, 2.75) is 58.3 Å². The monoisotopic (exact) mass is 153 g/mol. The van der Waals surface area contributed by atoms with Crippen molar-refractivity contribution < 1.29 is 0 Å². The lowest BCUT2D eigenvalue weighted by molar-refractivity contribution is 0.482. The van der Waals surface area contributed by atoms with Gasteiger partial charge in [-0.05, 0) is 0 Å². The van der Waals surface area contributed by atoms with Gasteiger partial charge in [-0.1, -0.05) is 51.4 Å². The topological polar surface area (TPSA) is 0 Å². The van der Waals surface area contributed by atoms with Crippen LogP contribution in [0.4, 0.5) is 0 Å². The van der Waals surface area contributed by atoms with Crippen LogP contribution < -0.4 is 0 Å². The van der Waals surface area contributed by atoms with Gasteiger partial charge < -0.3 is 6.42 Å². The average molecular weight is 153 g/mol. The summed E-state index contributed by atoms with van der Waals surface area (Å²) >= 11 is 0. The van der Waals surface area contributed by atoms with Crippen molar-refractivity contribution in [2.75, 3.05) is 0 Å². The summed E-state index contributed by atoms with van der Waals surface area (Å²) in [5.74, 6) is 0.938. The van der Waals surface area contributed by atoms with Crippen LogP contribution in [0.2, 0.25) is 0 Å². The second kappa shape index (κ2) is 5.62. The van der Waals surface area contributed by atoms with Crippen LogP contribution >= 0.6 is 0 Å². The second-order valence-corrected chi connectivity index (χ2v) is 3.79. The Bertz CT molecular complexity index is 76.0. The molecule has 0 aromatic carbocycles. The van der Waals surface area contributed by atoms with Crippen molar-refractivity contribution in [1.29, 1.82) is 0 Å². The minimum absolute atomic E-state index is 0.938. The minimum atomic E-state index is 0.938. The fraction of sp³-hybridized carbons (Fsp3) is 0.909. The highest BCUT2D eigenvalue weighted by molar-refractivity contribution is 4.72. The fourth-order valence-electron chi connectivity index (χ4n) is 2.00. The standard InChI is InChI=1S/C11H21/c1-2-11-9-7-5-3-4-6-8-10-11/h2,11H,3-10H2,1H3/q-1. The lowest BCUT2D eigenvalue weighted by atomic mass is 9.95. The van der Waals surface area contributed by atoms with Gasteiger partial charge in [0.15, 0.2) is 0 Å². The van der Waals surface area contributed by atoms with Crippen molar-refractivity contribution >= 4 is 0 Å². The van der Waals surface area contributed by atoms with Gasteiger partial charge in [0.2, 0.25) is 0 Å². The molecule has 0 amide bonds. The molecule has 0 heteroatoms. The third kappa shape index (κ3) is 3.79. The van der Waals surface area contributed by atoms with Gasteiger partial charge in [-0.3, -0.25) is 0 Å². The molecule has 0 radical (unpaired) electrons. The Morgan fingerprint density at radius 1 is 0.818 bits per heavy atom. The van der Waals surface area contributed by atoms with E-state index in [-0.39, 0.29) is 0 Å². The van der Waals surface area contributed by atoms with Crippen molar-refractivity contribution in [3.8, 4) is 0 Å². The van der Waals surface area contributed by atoms with E-state index in [2.05, 4.69) is 13.3 Å². The molecular weight excluding hydrogens is 132 g/mol. The molecule has 0 saturated heterocycles. The number of hydrogen-bond acceptors (Lipinski definition) is 0. The largest absolute Gasteiger partial charge is 0.328 e. The molecule has 0 aromatic heterocycles. The fourth-order valence-corrected chi connectivity index (χ4v) is 2.00. The van der Waals surface area contributed by atoms with Crippen molar-refractivity contribution in [3.63, 3.8) is 0 Å². The lowest BCUT2D eigenvalue weighted by Gasteiger charge is -2.21. The van der Waals surface area contributed by atoms with Gasteiger partial charge in [-0.2, -0.15) is 12.8 Å². The zero-order valence-corrected chi connectivity index (χ0v) is 7.81.